The molecule has 2 heteroatoms. The second-order valence-electron chi connectivity index (χ2n) is 4.59. The molecule has 0 atom stereocenters. The standard InChI is InChI=1S/C12H20O2/c1-2-10-5-7-12(13,8-6-10)11-4-3-9-14-11/h4,10,13H,2-3,5-9H2,1H3. The van der Waals surface area contributed by atoms with Crippen LogP contribution in [0.3, 0.4) is 0 Å². The highest BCUT2D eigenvalue weighted by molar-refractivity contribution is 5.14. The molecule has 0 radical (unpaired) electrons. The second-order valence-corrected chi connectivity index (χ2v) is 4.59. The molecule has 1 N–H and O–H groups in total. The van der Waals surface area contributed by atoms with Gasteiger partial charge in [0.2, 0.25) is 0 Å². The fourth-order valence-corrected chi connectivity index (χ4v) is 2.55. The number of rotatable bonds is 2. The molecule has 2 aliphatic rings. The van der Waals surface area contributed by atoms with Crippen molar-refractivity contribution in [1.82, 2.24) is 0 Å². The Morgan fingerprint density at radius 2 is 2.21 bits per heavy atom. The second kappa shape index (κ2) is 3.93. The van der Waals surface area contributed by atoms with Crippen LogP contribution in [0.2, 0.25) is 0 Å². The van der Waals surface area contributed by atoms with Gasteiger partial charge in [0.05, 0.1) is 6.61 Å². The van der Waals surface area contributed by atoms with Gasteiger partial charge in [0.25, 0.3) is 0 Å². The van der Waals surface area contributed by atoms with E-state index in [1.54, 1.807) is 0 Å². The first-order valence-electron chi connectivity index (χ1n) is 5.80. The summed E-state index contributed by atoms with van der Waals surface area (Å²) in [7, 11) is 0. The maximum atomic E-state index is 10.4. The van der Waals surface area contributed by atoms with E-state index < -0.39 is 5.60 Å². The van der Waals surface area contributed by atoms with E-state index in [2.05, 4.69) is 13.0 Å². The molecular weight excluding hydrogens is 176 g/mol. The predicted octanol–water partition coefficient (Wildman–Crippen LogP) is 2.62. The summed E-state index contributed by atoms with van der Waals surface area (Å²) < 4.78 is 5.48. The minimum atomic E-state index is -0.623. The van der Waals surface area contributed by atoms with Crippen molar-refractivity contribution >= 4 is 0 Å². The van der Waals surface area contributed by atoms with Crippen LogP contribution in [0, 0.1) is 5.92 Å². The molecule has 1 heterocycles. The Balaban J connectivity index is 1.97. The minimum absolute atomic E-state index is 0.623. The number of hydrogen-bond acceptors (Lipinski definition) is 2. The molecular formula is C12H20O2. The highest BCUT2D eigenvalue weighted by atomic mass is 16.5. The molecule has 0 bridgehead atoms. The van der Waals surface area contributed by atoms with Gasteiger partial charge in [-0.25, -0.2) is 0 Å². The maximum absolute atomic E-state index is 10.4. The topological polar surface area (TPSA) is 29.5 Å². The van der Waals surface area contributed by atoms with Crippen LogP contribution in [0.25, 0.3) is 0 Å². The van der Waals surface area contributed by atoms with Gasteiger partial charge < -0.3 is 9.84 Å². The van der Waals surface area contributed by atoms with Crippen molar-refractivity contribution in [2.24, 2.45) is 5.92 Å². The Morgan fingerprint density at radius 3 is 2.71 bits per heavy atom. The zero-order chi connectivity index (χ0) is 10.0. The average Bonchev–Trinajstić information content (AvgIpc) is 2.72. The lowest BCUT2D eigenvalue weighted by atomic mass is 9.77. The molecule has 0 unspecified atom stereocenters. The molecule has 0 saturated heterocycles. The van der Waals surface area contributed by atoms with E-state index in [1.807, 2.05) is 0 Å². The zero-order valence-corrected chi connectivity index (χ0v) is 8.96. The molecule has 1 aliphatic carbocycles. The van der Waals surface area contributed by atoms with Crippen molar-refractivity contribution in [3.63, 3.8) is 0 Å². The van der Waals surface area contributed by atoms with Crippen molar-refractivity contribution in [2.75, 3.05) is 6.61 Å². The van der Waals surface area contributed by atoms with Crippen molar-refractivity contribution in [1.29, 1.82) is 0 Å². The molecule has 0 aromatic carbocycles. The summed E-state index contributed by atoms with van der Waals surface area (Å²) in [5, 5.41) is 10.4. The van der Waals surface area contributed by atoms with E-state index in [4.69, 9.17) is 4.74 Å². The van der Waals surface area contributed by atoms with Gasteiger partial charge in [-0.3, -0.25) is 0 Å². The van der Waals surface area contributed by atoms with E-state index >= 15 is 0 Å². The van der Waals surface area contributed by atoms with E-state index in [9.17, 15) is 5.11 Å². The SMILES string of the molecule is CCC1CCC(O)(C2=CCCO2)CC1. The summed E-state index contributed by atoms with van der Waals surface area (Å²) >= 11 is 0. The number of ether oxygens (including phenoxy) is 1. The normalized spacial score (nSPS) is 37.9. The average molecular weight is 196 g/mol. The molecule has 14 heavy (non-hydrogen) atoms. The Kier molecular flexibility index (Phi) is 2.82. The maximum Gasteiger partial charge on any atom is 0.124 e. The van der Waals surface area contributed by atoms with Gasteiger partial charge in [0.15, 0.2) is 0 Å². The summed E-state index contributed by atoms with van der Waals surface area (Å²) in [6.45, 7) is 3.00. The van der Waals surface area contributed by atoms with Crippen LogP contribution in [0.5, 0.6) is 0 Å². The minimum Gasteiger partial charge on any atom is -0.495 e. The van der Waals surface area contributed by atoms with E-state index in [0.29, 0.717) is 0 Å². The van der Waals surface area contributed by atoms with Crippen LogP contribution in [0.4, 0.5) is 0 Å². The summed E-state index contributed by atoms with van der Waals surface area (Å²) in [6, 6.07) is 0. The zero-order valence-electron chi connectivity index (χ0n) is 8.96. The summed E-state index contributed by atoms with van der Waals surface area (Å²) in [4.78, 5) is 0. The van der Waals surface area contributed by atoms with Gasteiger partial charge in [-0.15, -0.1) is 0 Å². The van der Waals surface area contributed by atoms with Crippen LogP contribution in [0.1, 0.15) is 45.4 Å². The quantitative estimate of drug-likeness (QED) is 0.735. The fraction of sp³-hybridized carbons (Fsp3) is 0.833. The van der Waals surface area contributed by atoms with Crippen LogP contribution < -0.4 is 0 Å². The third kappa shape index (κ3) is 1.81. The summed E-state index contributed by atoms with van der Waals surface area (Å²) in [6.07, 6.45) is 8.34. The number of aliphatic hydroxyl groups is 1. The van der Waals surface area contributed by atoms with Crippen LogP contribution in [-0.2, 0) is 4.74 Å². The molecule has 2 rings (SSSR count). The van der Waals surface area contributed by atoms with Gasteiger partial charge >= 0.3 is 0 Å². The Hall–Kier alpha value is -0.500. The molecule has 0 spiro atoms. The predicted molar refractivity (Wildman–Crippen MR) is 55.9 cm³/mol. The lowest BCUT2D eigenvalue weighted by Gasteiger charge is -2.36. The molecule has 1 saturated carbocycles. The molecule has 0 amide bonds. The van der Waals surface area contributed by atoms with E-state index in [-0.39, 0.29) is 0 Å². The van der Waals surface area contributed by atoms with E-state index in [1.165, 1.54) is 6.42 Å². The first-order valence-corrected chi connectivity index (χ1v) is 5.80. The van der Waals surface area contributed by atoms with Crippen molar-refractivity contribution in [2.45, 2.75) is 51.0 Å². The monoisotopic (exact) mass is 196 g/mol. The van der Waals surface area contributed by atoms with Crippen molar-refractivity contribution in [3.05, 3.63) is 11.8 Å². The van der Waals surface area contributed by atoms with E-state index in [0.717, 1.165) is 50.4 Å². The lowest BCUT2D eigenvalue weighted by Crippen LogP contribution is -2.36. The van der Waals surface area contributed by atoms with Gasteiger partial charge in [-0.05, 0) is 37.7 Å². The number of hydrogen-bond donors (Lipinski definition) is 1. The fourth-order valence-electron chi connectivity index (χ4n) is 2.55. The first kappa shape index (κ1) is 10.0. The van der Waals surface area contributed by atoms with Crippen molar-refractivity contribution < 1.29 is 9.84 Å². The largest absolute Gasteiger partial charge is 0.495 e. The Morgan fingerprint density at radius 1 is 1.50 bits per heavy atom. The Labute approximate surface area is 86.0 Å². The van der Waals surface area contributed by atoms with Crippen molar-refractivity contribution in [3.8, 4) is 0 Å². The van der Waals surface area contributed by atoms with Gasteiger partial charge in [0, 0.05) is 6.42 Å². The summed E-state index contributed by atoms with van der Waals surface area (Å²) in [5.41, 5.74) is -0.623. The molecule has 1 fully saturated rings. The first-order chi connectivity index (χ1) is 6.74. The van der Waals surface area contributed by atoms with Crippen LogP contribution in [0.15, 0.2) is 11.8 Å². The van der Waals surface area contributed by atoms with Crippen LogP contribution in [-0.4, -0.2) is 17.3 Å². The van der Waals surface area contributed by atoms with Gasteiger partial charge in [-0.1, -0.05) is 13.3 Å². The molecule has 0 aromatic heterocycles. The molecule has 1 aliphatic heterocycles. The van der Waals surface area contributed by atoms with Gasteiger partial charge in [0.1, 0.15) is 11.4 Å². The molecule has 80 valence electrons. The highest BCUT2D eigenvalue weighted by Gasteiger charge is 2.38. The smallest absolute Gasteiger partial charge is 0.124 e. The van der Waals surface area contributed by atoms with Gasteiger partial charge in [-0.2, -0.15) is 0 Å². The molecule has 0 aromatic rings. The highest BCUT2D eigenvalue weighted by Crippen LogP contribution is 2.39. The van der Waals surface area contributed by atoms with Crippen LogP contribution >= 0.6 is 0 Å². The third-order valence-corrected chi connectivity index (χ3v) is 3.67. The summed E-state index contributed by atoms with van der Waals surface area (Å²) in [5.74, 6) is 1.67. The third-order valence-electron chi connectivity index (χ3n) is 3.67. The Bertz CT molecular complexity index is 224. The molecule has 2 nitrogen and oxygen atoms in total. The lowest BCUT2D eigenvalue weighted by molar-refractivity contribution is -0.0208.